The van der Waals surface area contributed by atoms with Gasteiger partial charge in [0, 0.05) is 7.05 Å². The van der Waals surface area contributed by atoms with Crippen LogP contribution in [0.2, 0.25) is 0 Å². The van der Waals surface area contributed by atoms with E-state index in [1.807, 2.05) is 18.2 Å². The van der Waals surface area contributed by atoms with Crippen molar-refractivity contribution in [1.82, 2.24) is 4.90 Å². The molecule has 1 aliphatic heterocycles. The van der Waals surface area contributed by atoms with Crippen LogP contribution >= 0.6 is 11.8 Å². The lowest BCUT2D eigenvalue weighted by atomic mass is 9.87. The molecule has 1 heterocycles. The third-order valence-electron chi connectivity index (χ3n) is 4.66. The molecule has 1 amide bonds. The minimum atomic E-state index is -0.387. The van der Waals surface area contributed by atoms with E-state index < -0.39 is 0 Å². The van der Waals surface area contributed by atoms with Gasteiger partial charge in [-0.1, -0.05) is 51.1 Å². The fraction of sp³-hybridized carbons (Fsp3) is 0.292. The number of thioether (sulfide) groups is 1. The Bertz CT molecular complexity index is 1020. The summed E-state index contributed by atoms with van der Waals surface area (Å²) < 4.78 is 5.04. The summed E-state index contributed by atoms with van der Waals surface area (Å²) in [4.78, 5) is 31.3. The number of ether oxygens (including phenoxy) is 1. The summed E-state index contributed by atoms with van der Waals surface area (Å²) in [5, 5.41) is 0.568. The second-order valence-electron chi connectivity index (χ2n) is 8.01. The van der Waals surface area contributed by atoms with Crippen LogP contribution in [0.5, 0.6) is 0 Å². The molecule has 156 valence electrons. The number of aliphatic imine (C=N–C) groups is 1. The number of benzene rings is 2. The molecule has 0 N–H and O–H groups in total. The summed E-state index contributed by atoms with van der Waals surface area (Å²) in [7, 11) is 1.70. The molecule has 0 aliphatic carbocycles. The van der Waals surface area contributed by atoms with E-state index in [-0.39, 0.29) is 17.3 Å². The summed E-state index contributed by atoms with van der Waals surface area (Å²) >= 11 is 1.32. The van der Waals surface area contributed by atoms with E-state index in [9.17, 15) is 9.59 Å². The van der Waals surface area contributed by atoms with Crippen LogP contribution < -0.4 is 0 Å². The van der Waals surface area contributed by atoms with Gasteiger partial charge >= 0.3 is 5.97 Å². The van der Waals surface area contributed by atoms with Crippen LogP contribution in [0.25, 0.3) is 6.08 Å². The van der Waals surface area contributed by atoms with Gasteiger partial charge in [0.15, 0.2) is 5.17 Å². The smallest absolute Gasteiger partial charge is 0.338 e. The first-order valence-corrected chi connectivity index (χ1v) is 10.6. The van der Waals surface area contributed by atoms with Crippen molar-refractivity contribution in [3.63, 3.8) is 0 Å². The van der Waals surface area contributed by atoms with Gasteiger partial charge in [-0.15, -0.1) is 0 Å². The Hall–Kier alpha value is -2.86. The maximum atomic E-state index is 12.7. The standard InChI is InChI=1S/C24H26N2O3S/c1-6-29-22(28)17-8-7-9-19(15-17)25-23-26(5)21(27)20(30-23)14-16-10-12-18(13-11-16)24(2,3)4/h7-15H,6H2,1-5H3. The molecule has 0 bridgehead atoms. The van der Waals surface area contributed by atoms with Crippen molar-refractivity contribution >= 4 is 40.6 Å². The van der Waals surface area contributed by atoms with E-state index in [4.69, 9.17) is 4.74 Å². The minimum Gasteiger partial charge on any atom is -0.462 e. The quantitative estimate of drug-likeness (QED) is 0.489. The van der Waals surface area contributed by atoms with E-state index in [0.29, 0.717) is 27.9 Å². The number of carbonyl (C=O) groups excluding carboxylic acids is 2. The lowest BCUT2D eigenvalue weighted by Crippen LogP contribution is -2.23. The van der Waals surface area contributed by atoms with Crippen LogP contribution in [0, 0.1) is 0 Å². The van der Waals surface area contributed by atoms with Gasteiger partial charge in [0.05, 0.1) is 22.8 Å². The van der Waals surface area contributed by atoms with E-state index in [1.165, 1.54) is 22.2 Å². The molecule has 0 spiro atoms. The molecule has 1 aliphatic rings. The Balaban J connectivity index is 1.83. The molecule has 30 heavy (non-hydrogen) atoms. The highest BCUT2D eigenvalue weighted by Gasteiger charge is 2.30. The molecule has 0 saturated carbocycles. The van der Waals surface area contributed by atoms with Crippen molar-refractivity contribution < 1.29 is 14.3 Å². The van der Waals surface area contributed by atoms with Crippen molar-refractivity contribution in [2.75, 3.05) is 13.7 Å². The Morgan fingerprint density at radius 3 is 2.50 bits per heavy atom. The fourth-order valence-corrected chi connectivity index (χ4v) is 3.90. The molecular weight excluding hydrogens is 396 g/mol. The largest absolute Gasteiger partial charge is 0.462 e. The van der Waals surface area contributed by atoms with E-state index in [2.05, 4.69) is 37.9 Å². The van der Waals surface area contributed by atoms with Crippen LogP contribution in [-0.4, -0.2) is 35.6 Å². The molecule has 1 saturated heterocycles. The zero-order valence-corrected chi connectivity index (χ0v) is 18.7. The maximum Gasteiger partial charge on any atom is 0.338 e. The topological polar surface area (TPSA) is 59.0 Å². The second-order valence-corrected chi connectivity index (χ2v) is 9.02. The Morgan fingerprint density at radius 1 is 1.17 bits per heavy atom. The van der Waals surface area contributed by atoms with Crippen molar-refractivity contribution in [3.8, 4) is 0 Å². The van der Waals surface area contributed by atoms with Gasteiger partial charge in [-0.2, -0.15) is 0 Å². The number of carbonyl (C=O) groups is 2. The lowest BCUT2D eigenvalue weighted by Gasteiger charge is -2.18. The zero-order valence-electron chi connectivity index (χ0n) is 17.9. The zero-order chi connectivity index (χ0) is 21.9. The Morgan fingerprint density at radius 2 is 1.87 bits per heavy atom. The molecule has 0 atom stereocenters. The van der Waals surface area contributed by atoms with E-state index in [1.54, 1.807) is 38.2 Å². The molecule has 3 rings (SSSR count). The molecule has 5 nitrogen and oxygen atoms in total. The van der Waals surface area contributed by atoms with Crippen LogP contribution in [-0.2, 0) is 14.9 Å². The summed E-state index contributed by atoms with van der Waals surface area (Å²) in [6.45, 7) is 8.60. The van der Waals surface area contributed by atoms with Gasteiger partial charge in [0.2, 0.25) is 0 Å². The average molecular weight is 423 g/mol. The number of amidine groups is 1. The predicted molar refractivity (Wildman–Crippen MR) is 123 cm³/mol. The minimum absolute atomic E-state index is 0.0851. The third-order valence-corrected chi connectivity index (χ3v) is 5.72. The highest BCUT2D eigenvalue weighted by atomic mass is 32.2. The van der Waals surface area contributed by atoms with Gasteiger partial charge in [0.25, 0.3) is 5.91 Å². The maximum absolute atomic E-state index is 12.7. The van der Waals surface area contributed by atoms with Gasteiger partial charge in [0.1, 0.15) is 0 Å². The predicted octanol–water partition coefficient (Wildman–Crippen LogP) is 5.39. The van der Waals surface area contributed by atoms with Crippen LogP contribution in [0.3, 0.4) is 0 Å². The average Bonchev–Trinajstić information content (AvgIpc) is 2.96. The number of amides is 1. The van der Waals surface area contributed by atoms with Gasteiger partial charge in [-0.25, -0.2) is 9.79 Å². The summed E-state index contributed by atoms with van der Waals surface area (Å²) in [6.07, 6.45) is 1.88. The SMILES string of the molecule is CCOC(=O)c1cccc(N=C2SC(=Cc3ccc(C(C)(C)C)cc3)C(=O)N2C)c1. The van der Waals surface area contributed by atoms with Crippen molar-refractivity contribution in [2.45, 2.75) is 33.1 Å². The van der Waals surface area contributed by atoms with Gasteiger partial charge in [-0.05, 0) is 59.5 Å². The summed E-state index contributed by atoms with van der Waals surface area (Å²) in [6, 6.07) is 15.1. The van der Waals surface area contributed by atoms with Crippen LogP contribution in [0.15, 0.2) is 58.4 Å². The van der Waals surface area contributed by atoms with Crippen LogP contribution in [0.1, 0.15) is 49.2 Å². The molecule has 0 unspecified atom stereocenters. The first kappa shape index (κ1) is 21.8. The van der Waals surface area contributed by atoms with Crippen molar-refractivity contribution in [3.05, 3.63) is 70.1 Å². The first-order chi connectivity index (χ1) is 14.2. The molecule has 0 radical (unpaired) electrons. The van der Waals surface area contributed by atoms with Crippen molar-refractivity contribution in [2.24, 2.45) is 4.99 Å². The number of hydrogen-bond donors (Lipinski definition) is 0. The molecule has 2 aromatic carbocycles. The molecule has 6 heteroatoms. The van der Waals surface area contributed by atoms with Gasteiger partial charge < -0.3 is 4.74 Å². The second kappa shape index (κ2) is 8.88. The van der Waals surface area contributed by atoms with Crippen LogP contribution in [0.4, 0.5) is 5.69 Å². The third kappa shape index (κ3) is 5.00. The van der Waals surface area contributed by atoms with E-state index in [0.717, 1.165) is 5.56 Å². The van der Waals surface area contributed by atoms with Gasteiger partial charge in [-0.3, -0.25) is 9.69 Å². The number of nitrogens with zero attached hydrogens (tertiary/aromatic N) is 2. The monoisotopic (exact) mass is 422 g/mol. The lowest BCUT2D eigenvalue weighted by molar-refractivity contribution is -0.121. The van der Waals surface area contributed by atoms with Crippen molar-refractivity contribution in [1.29, 1.82) is 0 Å². The van der Waals surface area contributed by atoms with E-state index >= 15 is 0 Å². The highest BCUT2D eigenvalue weighted by Crippen LogP contribution is 2.33. The molecule has 1 fully saturated rings. The summed E-state index contributed by atoms with van der Waals surface area (Å²) in [5.41, 5.74) is 3.33. The molecule has 2 aromatic rings. The number of esters is 1. The first-order valence-electron chi connectivity index (χ1n) is 9.83. The number of hydrogen-bond acceptors (Lipinski definition) is 5. The number of rotatable bonds is 4. The Kier molecular flexibility index (Phi) is 6.46. The Labute approximate surface area is 181 Å². The normalized spacial score (nSPS) is 17.1. The number of likely N-dealkylation sites (N-methyl/N-ethyl adjacent to an activating group) is 1. The molecule has 0 aromatic heterocycles. The summed E-state index contributed by atoms with van der Waals surface area (Å²) in [5.74, 6) is -0.484. The fourth-order valence-electron chi connectivity index (χ4n) is 2.91. The highest BCUT2D eigenvalue weighted by molar-refractivity contribution is 8.18. The molecular formula is C24H26N2O3S.